The van der Waals surface area contributed by atoms with Crippen molar-refractivity contribution in [1.29, 1.82) is 0 Å². The maximum absolute atomic E-state index is 11.9. The van der Waals surface area contributed by atoms with Crippen molar-refractivity contribution in [3.63, 3.8) is 0 Å². The number of benzene rings is 1. The number of amides is 1. The lowest BCUT2D eigenvalue weighted by Crippen LogP contribution is -2.12. The second-order valence-corrected chi connectivity index (χ2v) is 4.91. The van der Waals surface area contributed by atoms with E-state index in [-0.39, 0.29) is 5.91 Å². The lowest BCUT2D eigenvalue weighted by atomic mass is 10.2. The normalized spacial score (nSPS) is 10.1. The molecule has 3 N–H and O–H groups in total. The molecular weight excluding hydrogens is 288 g/mol. The van der Waals surface area contributed by atoms with Gasteiger partial charge in [-0.2, -0.15) is 0 Å². The summed E-state index contributed by atoms with van der Waals surface area (Å²) in [6.07, 6.45) is 0. The Labute approximate surface area is 105 Å². The third kappa shape index (κ3) is 2.25. The second kappa shape index (κ2) is 4.67. The van der Waals surface area contributed by atoms with E-state index in [9.17, 15) is 4.79 Å². The van der Waals surface area contributed by atoms with Gasteiger partial charge in [0.05, 0.1) is 11.4 Å². The Morgan fingerprint density at radius 1 is 1.31 bits per heavy atom. The van der Waals surface area contributed by atoms with Crippen LogP contribution in [0.1, 0.15) is 9.67 Å². The van der Waals surface area contributed by atoms with Gasteiger partial charge in [0.15, 0.2) is 0 Å². The summed E-state index contributed by atoms with van der Waals surface area (Å²) in [6, 6.07) is 9.02. The molecule has 1 aromatic heterocycles. The molecule has 3 nitrogen and oxygen atoms in total. The Kier molecular flexibility index (Phi) is 3.26. The smallest absolute Gasteiger partial charge is 0.266 e. The fraction of sp³-hybridized carbons (Fsp3) is 0. The molecule has 1 heterocycles. The highest BCUT2D eigenvalue weighted by Gasteiger charge is 2.12. The Morgan fingerprint density at radius 3 is 2.69 bits per heavy atom. The van der Waals surface area contributed by atoms with Crippen LogP contribution in [-0.2, 0) is 0 Å². The predicted octanol–water partition coefficient (Wildman–Crippen LogP) is 3.35. The molecule has 2 rings (SSSR count). The maximum Gasteiger partial charge on any atom is 0.266 e. The molecule has 0 spiro atoms. The topological polar surface area (TPSA) is 55.1 Å². The summed E-state index contributed by atoms with van der Waals surface area (Å²) < 4.78 is 0.796. The molecule has 0 aliphatic rings. The number of anilines is 2. The molecule has 2 aromatic rings. The van der Waals surface area contributed by atoms with Gasteiger partial charge in [-0.3, -0.25) is 4.79 Å². The van der Waals surface area contributed by atoms with Crippen LogP contribution in [0.2, 0.25) is 0 Å². The van der Waals surface area contributed by atoms with E-state index in [0.29, 0.717) is 16.3 Å². The van der Waals surface area contributed by atoms with Gasteiger partial charge >= 0.3 is 0 Å². The minimum absolute atomic E-state index is 0.153. The summed E-state index contributed by atoms with van der Waals surface area (Å²) in [4.78, 5) is 12.5. The number of nitrogens with two attached hydrogens (primary N) is 1. The molecule has 0 aliphatic heterocycles. The van der Waals surface area contributed by atoms with Crippen LogP contribution < -0.4 is 11.1 Å². The molecule has 5 heteroatoms. The zero-order chi connectivity index (χ0) is 11.5. The van der Waals surface area contributed by atoms with Gasteiger partial charge < -0.3 is 11.1 Å². The number of nitrogen functional groups attached to an aromatic ring is 1. The zero-order valence-electron chi connectivity index (χ0n) is 8.24. The van der Waals surface area contributed by atoms with Gasteiger partial charge in [0.1, 0.15) is 4.88 Å². The van der Waals surface area contributed by atoms with E-state index < -0.39 is 0 Å². The fourth-order valence-electron chi connectivity index (χ4n) is 1.25. The molecule has 0 aliphatic carbocycles. The van der Waals surface area contributed by atoms with Crippen molar-refractivity contribution < 1.29 is 4.79 Å². The highest BCUT2D eigenvalue weighted by molar-refractivity contribution is 9.10. The van der Waals surface area contributed by atoms with Crippen molar-refractivity contribution in [2.75, 3.05) is 11.1 Å². The van der Waals surface area contributed by atoms with E-state index in [1.807, 2.05) is 23.6 Å². The number of thiophene rings is 1. The summed E-state index contributed by atoms with van der Waals surface area (Å²) in [5, 5.41) is 4.62. The van der Waals surface area contributed by atoms with Gasteiger partial charge in [-0.1, -0.05) is 12.1 Å². The second-order valence-electron chi connectivity index (χ2n) is 3.14. The van der Waals surface area contributed by atoms with Gasteiger partial charge in [0.2, 0.25) is 0 Å². The zero-order valence-corrected chi connectivity index (χ0v) is 10.6. The third-order valence-corrected chi connectivity index (χ3v) is 3.87. The number of carbonyl (C=O) groups excluding carboxylic acids is 1. The minimum Gasteiger partial charge on any atom is -0.397 e. The van der Waals surface area contributed by atoms with Crippen LogP contribution in [-0.4, -0.2) is 5.91 Å². The van der Waals surface area contributed by atoms with E-state index in [1.54, 1.807) is 12.1 Å². The molecule has 0 bridgehead atoms. The van der Waals surface area contributed by atoms with Crippen molar-refractivity contribution in [2.24, 2.45) is 0 Å². The highest BCUT2D eigenvalue weighted by atomic mass is 79.9. The number of hydrogen-bond acceptors (Lipinski definition) is 3. The molecule has 1 aromatic carbocycles. The van der Waals surface area contributed by atoms with E-state index in [0.717, 1.165) is 4.47 Å². The molecule has 82 valence electrons. The summed E-state index contributed by atoms with van der Waals surface area (Å²) in [6.45, 7) is 0. The Bertz CT molecular complexity index is 524. The van der Waals surface area contributed by atoms with Gasteiger partial charge in [0.25, 0.3) is 5.91 Å². The Balaban J connectivity index is 2.21. The Morgan fingerprint density at radius 2 is 2.06 bits per heavy atom. The van der Waals surface area contributed by atoms with E-state index >= 15 is 0 Å². The van der Waals surface area contributed by atoms with Crippen LogP contribution >= 0.6 is 27.3 Å². The number of para-hydroxylation sites is 2. The maximum atomic E-state index is 11.9. The van der Waals surface area contributed by atoms with Crippen molar-refractivity contribution in [2.45, 2.75) is 0 Å². The number of nitrogens with one attached hydrogen (secondary N) is 1. The number of hydrogen-bond donors (Lipinski definition) is 2. The first kappa shape index (κ1) is 11.2. The van der Waals surface area contributed by atoms with Crippen LogP contribution in [0, 0.1) is 0 Å². The minimum atomic E-state index is -0.153. The van der Waals surface area contributed by atoms with Crippen molar-refractivity contribution in [3.8, 4) is 0 Å². The highest BCUT2D eigenvalue weighted by Crippen LogP contribution is 2.25. The molecular formula is C11H9BrN2OS. The third-order valence-electron chi connectivity index (χ3n) is 2.03. The summed E-state index contributed by atoms with van der Waals surface area (Å²) in [7, 11) is 0. The standard InChI is InChI=1S/C11H9BrN2OS/c12-7-5-6-16-10(7)11(15)14-9-4-2-1-3-8(9)13/h1-6H,13H2,(H,14,15). The average molecular weight is 297 g/mol. The van der Waals surface area contributed by atoms with Crippen LogP contribution in [0.3, 0.4) is 0 Å². The first-order chi connectivity index (χ1) is 7.68. The number of carbonyl (C=O) groups is 1. The molecule has 0 fully saturated rings. The van der Waals surface area contributed by atoms with Crippen LogP contribution in [0.25, 0.3) is 0 Å². The van der Waals surface area contributed by atoms with Crippen molar-refractivity contribution >= 4 is 44.5 Å². The molecule has 0 radical (unpaired) electrons. The summed E-state index contributed by atoms with van der Waals surface area (Å²) in [5.41, 5.74) is 6.93. The molecule has 0 saturated carbocycles. The molecule has 1 amide bonds. The van der Waals surface area contributed by atoms with Gasteiger partial charge in [-0.25, -0.2) is 0 Å². The molecule has 0 unspecified atom stereocenters. The number of halogens is 1. The largest absolute Gasteiger partial charge is 0.397 e. The SMILES string of the molecule is Nc1ccccc1NC(=O)c1sccc1Br. The van der Waals surface area contributed by atoms with Gasteiger partial charge in [0, 0.05) is 4.47 Å². The quantitative estimate of drug-likeness (QED) is 0.835. The van der Waals surface area contributed by atoms with Crippen molar-refractivity contribution in [3.05, 3.63) is 45.1 Å². The molecule has 0 atom stereocenters. The Hall–Kier alpha value is -1.33. The fourth-order valence-corrected chi connectivity index (χ4v) is 2.69. The van der Waals surface area contributed by atoms with E-state index in [1.165, 1.54) is 11.3 Å². The number of rotatable bonds is 2. The monoisotopic (exact) mass is 296 g/mol. The van der Waals surface area contributed by atoms with E-state index in [4.69, 9.17) is 5.73 Å². The summed E-state index contributed by atoms with van der Waals surface area (Å²) in [5.74, 6) is -0.153. The van der Waals surface area contributed by atoms with Crippen molar-refractivity contribution in [1.82, 2.24) is 0 Å². The van der Waals surface area contributed by atoms with Gasteiger partial charge in [-0.15, -0.1) is 11.3 Å². The lowest BCUT2D eigenvalue weighted by molar-refractivity contribution is 0.103. The summed E-state index contributed by atoms with van der Waals surface area (Å²) >= 11 is 4.70. The van der Waals surface area contributed by atoms with E-state index in [2.05, 4.69) is 21.2 Å². The van der Waals surface area contributed by atoms with Crippen LogP contribution in [0.15, 0.2) is 40.2 Å². The lowest BCUT2D eigenvalue weighted by Gasteiger charge is -2.06. The average Bonchev–Trinajstić information content (AvgIpc) is 2.68. The molecule has 0 saturated heterocycles. The van der Waals surface area contributed by atoms with Crippen LogP contribution in [0.4, 0.5) is 11.4 Å². The predicted molar refractivity (Wildman–Crippen MR) is 70.8 cm³/mol. The van der Waals surface area contributed by atoms with Crippen LogP contribution in [0.5, 0.6) is 0 Å². The van der Waals surface area contributed by atoms with Gasteiger partial charge in [-0.05, 0) is 39.5 Å². The first-order valence-electron chi connectivity index (χ1n) is 4.57. The molecule has 16 heavy (non-hydrogen) atoms. The first-order valence-corrected chi connectivity index (χ1v) is 6.24.